The summed E-state index contributed by atoms with van der Waals surface area (Å²) in [6, 6.07) is 11.9. The van der Waals surface area contributed by atoms with E-state index in [-0.39, 0.29) is 12.4 Å². The lowest BCUT2D eigenvalue weighted by atomic mass is 10.2. The zero-order chi connectivity index (χ0) is 16.7. The van der Waals surface area contributed by atoms with Crippen LogP contribution in [-0.2, 0) is 6.54 Å². The number of hydrogen-bond acceptors (Lipinski definition) is 3. The van der Waals surface area contributed by atoms with Crippen LogP contribution in [0.25, 0.3) is 11.3 Å². The Morgan fingerprint density at radius 3 is 2.00 bits per heavy atom. The van der Waals surface area contributed by atoms with Crippen LogP contribution in [0.2, 0.25) is 5.02 Å². The van der Waals surface area contributed by atoms with E-state index >= 15 is 0 Å². The molecule has 0 amide bonds. The molecule has 5 heteroatoms. The standard InChI is InChI=1S/C19H27ClN2O.ClH/c1-4-21(5-2)13-14-22(6-3)15-18-11-12-19(23-18)16-7-9-17(20)10-8-16;/h7-12H,4-6,13-15H2,1-3H3;1H. The number of furan rings is 1. The predicted octanol–water partition coefficient (Wildman–Crippen LogP) is 5.19. The topological polar surface area (TPSA) is 19.6 Å². The second kappa shape index (κ2) is 10.8. The van der Waals surface area contributed by atoms with Crippen LogP contribution in [0.1, 0.15) is 26.5 Å². The smallest absolute Gasteiger partial charge is 0.134 e. The maximum absolute atomic E-state index is 6.00. The average molecular weight is 371 g/mol. The zero-order valence-corrected chi connectivity index (χ0v) is 16.4. The Labute approximate surface area is 157 Å². The van der Waals surface area contributed by atoms with Crippen molar-refractivity contribution < 1.29 is 4.42 Å². The molecule has 1 heterocycles. The molecule has 0 radical (unpaired) electrons. The molecule has 0 aliphatic carbocycles. The van der Waals surface area contributed by atoms with Crippen molar-refractivity contribution in [2.45, 2.75) is 27.3 Å². The molecule has 3 nitrogen and oxygen atoms in total. The third kappa shape index (κ3) is 6.14. The summed E-state index contributed by atoms with van der Waals surface area (Å²) in [5.41, 5.74) is 1.06. The number of nitrogens with zero attached hydrogens (tertiary/aromatic N) is 2. The molecule has 0 saturated heterocycles. The molecular weight excluding hydrogens is 343 g/mol. The molecule has 0 saturated carbocycles. The minimum absolute atomic E-state index is 0. The SMILES string of the molecule is CCN(CC)CCN(CC)Cc1ccc(-c2ccc(Cl)cc2)o1.Cl. The van der Waals surface area contributed by atoms with E-state index < -0.39 is 0 Å². The Hall–Kier alpha value is -1.00. The number of rotatable bonds is 9. The predicted molar refractivity (Wildman–Crippen MR) is 105 cm³/mol. The quantitative estimate of drug-likeness (QED) is 0.605. The van der Waals surface area contributed by atoms with Gasteiger partial charge in [0.15, 0.2) is 0 Å². The van der Waals surface area contributed by atoms with E-state index in [4.69, 9.17) is 16.0 Å². The highest BCUT2D eigenvalue weighted by Crippen LogP contribution is 2.24. The first-order chi connectivity index (χ1) is 11.2. The van der Waals surface area contributed by atoms with Gasteiger partial charge in [-0.3, -0.25) is 4.90 Å². The van der Waals surface area contributed by atoms with Crippen molar-refractivity contribution >= 4 is 24.0 Å². The fourth-order valence-corrected chi connectivity index (χ4v) is 2.75. The molecule has 134 valence electrons. The highest BCUT2D eigenvalue weighted by molar-refractivity contribution is 6.30. The summed E-state index contributed by atoms with van der Waals surface area (Å²) < 4.78 is 6.00. The second-order valence-electron chi connectivity index (χ2n) is 5.67. The molecule has 1 aromatic heterocycles. The first-order valence-corrected chi connectivity index (χ1v) is 8.83. The van der Waals surface area contributed by atoms with Crippen molar-refractivity contribution in [1.29, 1.82) is 0 Å². The summed E-state index contributed by atoms with van der Waals surface area (Å²) in [7, 11) is 0. The van der Waals surface area contributed by atoms with Crippen molar-refractivity contribution in [3.63, 3.8) is 0 Å². The third-order valence-electron chi connectivity index (χ3n) is 4.24. The van der Waals surface area contributed by atoms with Crippen LogP contribution in [0, 0.1) is 0 Å². The highest BCUT2D eigenvalue weighted by Gasteiger charge is 2.10. The van der Waals surface area contributed by atoms with Crippen LogP contribution in [0.5, 0.6) is 0 Å². The van der Waals surface area contributed by atoms with E-state index in [0.29, 0.717) is 0 Å². The van der Waals surface area contributed by atoms with E-state index in [2.05, 4.69) is 36.6 Å². The monoisotopic (exact) mass is 370 g/mol. The molecule has 0 aliphatic rings. The van der Waals surface area contributed by atoms with Gasteiger partial charge in [0.25, 0.3) is 0 Å². The lowest BCUT2D eigenvalue weighted by Crippen LogP contribution is -2.34. The summed E-state index contributed by atoms with van der Waals surface area (Å²) in [4.78, 5) is 4.87. The Bertz CT molecular complexity index is 579. The average Bonchev–Trinajstić information content (AvgIpc) is 3.03. The van der Waals surface area contributed by atoms with E-state index in [1.807, 2.05) is 30.3 Å². The Morgan fingerprint density at radius 2 is 1.42 bits per heavy atom. The molecular formula is C19H28Cl2N2O. The van der Waals surface area contributed by atoms with Crippen LogP contribution >= 0.6 is 24.0 Å². The molecule has 1 aromatic carbocycles. The van der Waals surface area contributed by atoms with E-state index in [1.165, 1.54) is 0 Å². The van der Waals surface area contributed by atoms with Gasteiger partial charge >= 0.3 is 0 Å². The van der Waals surface area contributed by atoms with Crippen molar-refractivity contribution in [2.75, 3.05) is 32.7 Å². The molecule has 2 rings (SSSR count). The van der Waals surface area contributed by atoms with Crippen LogP contribution in [0.15, 0.2) is 40.8 Å². The Kier molecular flexibility index (Phi) is 9.45. The summed E-state index contributed by atoms with van der Waals surface area (Å²) in [6.45, 7) is 12.9. The molecule has 0 aliphatic heterocycles. The van der Waals surface area contributed by atoms with Crippen LogP contribution in [-0.4, -0.2) is 42.5 Å². The normalized spacial score (nSPS) is 11.1. The molecule has 24 heavy (non-hydrogen) atoms. The van der Waals surface area contributed by atoms with E-state index in [0.717, 1.165) is 61.4 Å². The molecule has 0 N–H and O–H groups in total. The van der Waals surface area contributed by atoms with Gasteiger partial charge in [-0.2, -0.15) is 0 Å². The summed E-state index contributed by atoms with van der Waals surface area (Å²) >= 11 is 5.93. The van der Waals surface area contributed by atoms with Crippen molar-refractivity contribution in [2.24, 2.45) is 0 Å². The van der Waals surface area contributed by atoms with Gasteiger partial charge < -0.3 is 9.32 Å². The Balaban J connectivity index is 0.00000288. The molecule has 0 unspecified atom stereocenters. The largest absolute Gasteiger partial charge is 0.460 e. The number of hydrogen-bond donors (Lipinski definition) is 0. The van der Waals surface area contributed by atoms with Gasteiger partial charge in [0.1, 0.15) is 11.5 Å². The van der Waals surface area contributed by atoms with Gasteiger partial charge in [-0.1, -0.05) is 32.4 Å². The van der Waals surface area contributed by atoms with Gasteiger partial charge in [-0.25, -0.2) is 0 Å². The number of halogens is 2. The van der Waals surface area contributed by atoms with Gasteiger partial charge in [0.2, 0.25) is 0 Å². The molecule has 0 spiro atoms. The van der Waals surface area contributed by atoms with E-state index in [9.17, 15) is 0 Å². The van der Waals surface area contributed by atoms with Crippen LogP contribution in [0.4, 0.5) is 0 Å². The summed E-state index contributed by atoms with van der Waals surface area (Å²) in [6.07, 6.45) is 0. The minimum Gasteiger partial charge on any atom is -0.460 e. The minimum atomic E-state index is 0. The maximum atomic E-state index is 6.00. The third-order valence-corrected chi connectivity index (χ3v) is 4.50. The molecule has 0 fully saturated rings. The first-order valence-electron chi connectivity index (χ1n) is 8.45. The van der Waals surface area contributed by atoms with Gasteiger partial charge in [0.05, 0.1) is 6.54 Å². The summed E-state index contributed by atoms with van der Waals surface area (Å²) in [5, 5.41) is 0.745. The number of likely N-dealkylation sites (N-methyl/N-ethyl adjacent to an activating group) is 2. The first kappa shape index (κ1) is 21.0. The van der Waals surface area contributed by atoms with Gasteiger partial charge in [-0.15, -0.1) is 12.4 Å². The van der Waals surface area contributed by atoms with Gasteiger partial charge in [0, 0.05) is 23.7 Å². The van der Waals surface area contributed by atoms with Gasteiger partial charge in [-0.05, 0) is 56.0 Å². The molecule has 0 bridgehead atoms. The van der Waals surface area contributed by atoms with Crippen molar-refractivity contribution in [3.05, 3.63) is 47.2 Å². The molecule has 2 aromatic rings. The highest BCUT2D eigenvalue weighted by atomic mass is 35.5. The van der Waals surface area contributed by atoms with Crippen LogP contribution in [0.3, 0.4) is 0 Å². The van der Waals surface area contributed by atoms with E-state index in [1.54, 1.807) is 0 Å². The van der Waals surface area contributed by atoms with Crippen LogP contribution < -0.4 is 0 Å². The fraction of sp³-hybridized carbons (Fsp3) is 0.474. The number of benzene rings is 1. The lowest BCUT2D eigenvalue weighted by molar-refractivity contribution is 0.205. The second-order valence-corrected chi connectivity index (χ2v) is 6.10. The van der Waals surface area contributed by atoms with Crippen molar-refractivity contribution in [1.82, 2.24) is 9.80 Å². The van der Waals surface area contributed by atoms with Crippen molar-refractivity contribution in [3.8, 4) is 11.3 Å². The zero-order valence-electron chi connectivity index (χ0n) is 14.8. The summed E-state index contributed by atoms with van der Waals surface area (Å²) in [5.74, 6) is 1.91. The lowest BCUT2D eigenvalue weighted by Gasteiger charge is -2.24. The fourth-order valence-electron chi connectivity index (χ4n) is 2.62. The maximum Gasteiger partial charge on any atom is 0.134 e. The molecule has 0 atom stereocenters. The Morgan fingerprint density at radius 1 is 0.833 bits per heavy atom.